The van der Waals surface area contributed by atoms with Crippen LogP contribution in [-0.4, -0.2) is 11.7 Å². The molecule has 0 aliphatic rings. The Bertz CT molecular complexity index is 609. The molecule has 0 saturated heterocycles. The molecule has 2 aromatic carbocycles. The van der Waals surface area contributed by atoms with Gasteiger partial charge in [-0.05, 0) is 23.8 Å². The minimum absolute atomic E-state index is 0.0395. The monoisotopic (exact) mass is 267 g/mol. The van der Waals surface area contributed by atoms with Crippen LogP contribution in [0.5, 0.6) is 5.75 Å². The second-order valence-corrected chi connectivity index (χ2v) is 4.25. The number of benzene rings is 2. The van der Waals surface area contributed by atoms with Crippen LogP contribution in [0.15, 0.2) is 48.5 Å². The Balaban J connectivity index is 2.06. The van der Waals surface area contributed by atoms with Gasteiger partial charge in [0.25, 0.3) is 0 Å². The minimum Gasteiger partial charge on any atom is -0.489 e. The lowest BCUT2D eigenvalue weighted by atomic mass is 10.1. The zero-order valence-electron chi connectivity index (χ0n) is 11.2. The lowest BCUT2D eigenvalue weighted by molar-refractivity contribution is 0.280. The molecule has 0 radical (unpaired) electrons. The van der Waals surface area contributed by atoms with E-state index in [1.54, 1.807) is 0 Å². The topological polar surface area (TPSA) is 55.5 Å². The summed E-state index contributed by atoms with van der Waals surface area (Å²) in [5.41, 5.74) is 8.22. The summed E-state index contributed by atoms with van der Waals surface area (Å²) in [6, 6.07) is 15.2. The van der Waals surface area contributed by atoms with Gasteiger partial charge in [-0.1, -0.05) is 42.2 Å². The van der Waals surface area contributed by atoms with Gasteiger partial charge in [0, 0.05) is 11.1 Å². The summed E-state index contributed by atoms with van der Waals surface area (Å²) in [6.45, 7) is 0.837. The average molecular weight is 267 g/mol. The highest BCUT2D eigenvalue weighted by Crippen LogP contribution is 2.15. The van der Waals surface area contributed by atoms with Crippen LogP contribution in [0, 0.1) is 11.8 Å². The fraction of sp³-hybridized carbons (Fsp3) is 0.176. The van der Waals surface area contributed by atoms with Gasteiger partial charge in [0.05, 0.1) is 13.2 Å². The molecule has 2 rings (SSSR count). The molecule has 0 heterocycles. The maximum Gasteiger partial charge on any atom is 0.119 e. The first kappa shape index (κ1) is 14.1. The smallest absolute Gasteiger partial charge is 0.119 e. The molecule has 0 amide bonds. The van der Waals surface area contributed by atoms with E-state index in [1.165, 1.54) is 0 Å². The van der Waals surface area contributed by atoms with Crippen molar-refractivity contribution < 1.29 is 9.84 Å². The molecule has 20 heavy (non-hydrogen) atoms. The molecule has 3 nitrogen and oxygen atoms in total. The fourth-order valence-corrected chi connectivity index (χ4v) is 1.77. The Morgan fingerprint density at radius 3 is 2.50 bits per heavy atom. The molecular formula is C17H17NO2. The van der Waals surface area contributed by atoms with Crippen molar-refractivity contribution in [3.8, 4) is 17.6 Å². The van der Waals surface area contributed by atoms with E-state index < -0.39 is 0 Å². The van der Waals surface area contributed by atoms with E-state index in [1.807, 2.05) is 48.5 Å². The molecule has 0 saturated carbocycles. The molecule has 2 aromatic rings. The second-order valence-electron chi connectivity index (χ2n) is 4.25. The van der Waals surface area contributed by atoms with Crippen molar-refractivity contribution in [2.75, 3.05) is 6.54 Å². The minimum atomic E-state index is 0.0395. The third-order valence-electron chi connectivity index (χ3n) is 2.84. The Morgan fingerprint density at radius 1 is 1.05 bits per heavy atom. The third-order valence-corrected chi connectivity index (χ3v) is 2.84. The highest BCUT2D eigenvalue weighted by Gasteiger charge is 2.01. The quantitative estimate of drug-likeness (QED) is 0.834. The summed E-state index contributed by atoms with van der Waals surface area (Å²) >= 11 is 0. The van der Waals surface area contributed by atoms with Gasteiger partial charge < -0.3 is 15.6 Å². The molecule has 0 bridgehead atoms. The number of ether oxygens (including phenoxy) is 1. The van der Waals surface area contributed by atoms with Crippen molar-refractivity contribution >= 4 is 0 Å². The molecule has 0 aliphatic carbocycles. The van der Waals surface area contributed by atoms with Crippen LogP contribution in [0.25, 0.3) is 0 Å². The number of hydrogen-bond donors (Lipinski definition) is 2. The largest absolute Gasteiger partial charge is 0.489 e. The van der Waals surface area contributed by atoms with Gasteiger partial charge in [0.1, 0.15) is 12.4 Å². The van der Waals surface area contributed by atoms with E-state index >= 15 is 0 Å². The normalized spacial score (nSPS) is 9.70. The number of aliphatic hydroxyl groups excluding tert-OH is 1. The highest BCUT2D eigenvalue weighted by atomic mass is 16.5. The first-order chi connectivity index (χ1) is 9.83. The van der Waals surface area contributed by atoms with Crippen LogP contribution < -0.4 is 10.5 Å². The van der Waals surface area contributed by atoms with Crippen LogP contribution in [0.3, 0.4) is 0 Å². The summed E-state index contributed by atoms with van der Waals surface area (Å²) in [5, 5.41) is 8.99. The Hall–Kier alpha value is -2.28. The Morgan fingerprint density at radius 2 is 1.80 bits per heavy atom. The van der Waals surface area contributed by atoms with Crippen molar-refractivity contribution in [2.24, 2.45) is 5.73 Å². The summed E-state index contributed by atoms with van der Waals surface area (Å²) in [7, 11) is 0. The molecule has 0 atom stereocenters. The van der Waals surface area contributed by atoms with E-state index in [2.05, 4.69) is 11.8 Å². The second kappa shape index (κ2) is 7.34. The zero-order chi connectivity index (χ0) is 14.2. The van der Waals surface area contributed by atoms with Crippen LogP contribution in [0.1, 0.15) is 16.7 Å². The number of aliphatic hydroxyl groups is 1. The standard InChI is InChI=1S/C17H17NO2/c18-11-3-6-15-4-1-2-5-16(15)13-20-17-9-7-14(12-19)8-10-17/h1-2,4-5,7-10,19H,11-13,18H2. The number of hydrogen-bond acceptors (Lipinski definition) is 3. The lowest BCUT2D eigenvalue weighted by Crippen LogP contribution is -1.99. The van der Waals surface area contributed by atoms with Gasteiger partial charge in [-0.3, -0.25) is 0 Å². The molecule has 0 fully saturated rings. The molecule has 3 heteroatoms. The summed E-state index contributed by atoms with van der Waals surface area (Å²) < 4.78 is 5.73. The molecule has 0 spiro atoms. The van der Waals surface area contributed by atoms with Gasteiger partial charge in [0.15, 0.2) is 0 Å². The predicted octanol–water partition coefficient (Wildman–Crippen LogP) is 2.07. The predicted molar refractivity (Wildman–Crippen MR) is 79.1 cm³/mol. The lowest BCUT2D eigenvalue weighted by Gasteiger charge is -2.08. The third kappa shape index (κ3) is 3.86. The SMILES string of the molecule is NCC#Cc1ccccc1COc1ccc(CO)cc1. The van der Waals surface area contributed by atoms with Crippen LogP contribution >= 0.6 is 0 Å². The summed E-state index contributed by atoms with van der Waals surface area (Å²) in [5.74, 6) is 6.66. The van der Waals surface area contributed by atoms with Crippen LogP contribution in [0.4, 0.5) is 0 Å². The molecule has 0 aliphatic heterocycles. The van der Waals surface area contributed by atoms with Gasteiger partial charge in [0.2, 0.25) is 0 Å². The van der Waals surface area contributed by atoms with E-state index in [-0.39, 0.29) is 6.61 Å². The highest BCUT2D eigenvalue weighted by molar-refractivity contribution is 5.41. The first-order valence-corrected chi connectivity index (χ1v) is 6.43. The van der Waals surface area contributed by atoms with Gasteiger partial charge >= 0.3 is 0 Å². The fourth-order valence-electron chi connectivity index (χ4n) is 1.77. The van der Waals surface area contributed by atoms with E-state index in [0.29, 0.717) is 13.2 Å². The van der Waals surface area contributed by atoms with Crippen molar-refractivity contribution in [3.63, 3.8) is 0 Å². The maximum absolute atomic E-state index is 8.99. The molecule has 3 N–H and O–H groups in total. The molecule has 0 aromatic heterocycles. The van der Waals surface area contributed by atoms with Crippen molar-refractivity contribution in [1.82, 2.24) is 0 Å². The summed E-state index contributed by atoms with van der Waals surface area (Å²) in [6.07, 6.45) is 0. The van der Waals surface area contributed by atoms with Crippen LogP contribution in [-0.2, 0) is 13.2 Å². The number of rotatable bonds is 4. The van der Waals surface area contributed by atoms with Crippen molar-refractivity contribution in [2.45, 2.75) is 13.2 Å². The van der Waals surface area contributed by atoms with Gasteiger partial charge in [-0.25, -0.2) is 0 Å². The van der Waals surface area contributed by atoms with Gasteiger partial charge in [-0.15, -0.1) is 0 Å². The van der Waals surface area contributed by atoms with Gasteiger partial charge in [-0.2, -0.15) is 0 Å². The summed E-state index contributed by atoms with van der Waals surface area (Å²) in [4.78, 5) is 0. The average Bonchev–Trinajstić information content (AvgIpc) is 2.52. The molecule has 102 valence electrons. The number of nitrogens with two attached hydrogens (primary N) is 1. The van der Waals surface area contributed by atoms with E-state index in [4.69, 9.17) is 15.6 Å². The maximum atomic E-state index is 8.99. The van der Waals surface area contributed by atoms with Crippen LogP contribution in [0.2, 0.25) is 0 Å². The molecular weight excluding hydrogens is 250 g/mol. The van der Waals surface area contributed by atoms with Crippen molar-refractivity contribution in [3.05, 3.63) is 65.2 Å². The van der Waals surface area contributed by atoms with E-state index in [9.17, 15) is 0 Å². The van der Waals surface area contributed by atoms with Crippen molar-refractivity contribution in [1.29, 1.82) is 0 Å². The van der Waals surface area contributed by atoms with E-state index in [0.717, 1.165) is 22.4 Å². The Labute approximate surface area is 119 Å². The first-order valence-electron chi connectivity index (χ1n) is 6.43. The molecule has 0 unspecified atom stereocenters. The Kier molecular flexibility index (Phi) is 5.19. The zero-order valence-corrected chi connectivity index (χ0v) is 11.2.